The highest BCUT2D eigenvalue weighted by Crippen LogP contribution is 2.32. The summed E-state index contributed by atoms with van der Waals surface area (Å²) in [6.45, 7) is 5.36. The number of ether oxygens (including phenoxy) is 4. The summed E-state index contributed by atoms with van der Waals surface area (Å²) < 4.78 is 21.9. The zero-order chi connectivity index (χ0) is 12.3. The molecule has 5 nitrogen and oxygen atoms in total. The predicted octanol–water partition coefficient (Wildman–Crippen LogP) is 1.25. The van der Waals surface area contributed by atoms with E-state index in [1.165, 1.54) is 0 Å². The van der Waals surface area contributed by atoms with Gasteiger partial charge in [0, 0.05) is 13.0 Å². The van der Waals surface area contributed by atoms with Crippen molar-refractivity contribution >= 4 is 5.97 Å². The molecule has 5 heteroatoms. The molecule has 3 atom stereocenters. The van der Waals surface area contributed by atoms with Gasteiger partial charge in [0.05, 0.1) is 25.7 Å². The summed E-state index contributed by atoms with van der Waals surface area (Å²) in [6, 6.07) is 0. The van der Waals surface area contributed by atoms with E-state index < -0.39 is 5.79 Å². The molecule has 2 aliphatic rings. The summed E-state index contributed by atoms with van der Waals surface area (Å²) in [5.41, 5.74) is 0. The van der Waals surface area contributed by atoms with Gasteiger partial charge in [0.1, 0.15) is 6.10 Å². The van der Waals surface area contributed by atoms with Crippen LogP contribution in [0.5, 0.6) is 0 Å². The highest BCUT2D eigenvalue weighted by Gasteiger charge is 2.42. The molecule has 0 aromatic rings. The van der Waals surface area contributed by atoms with Crippen molar-refractivity contribution < 1.29 is 23.7 Å². The molecule has 0 N–H and O–H groups in total. The van der Waals surface area contributed by atoms with Crippen molar-refractivity contribution in [3.8, 4) is 0 Å². The van der Waals surface area contributed by atoms with E-state index in [1.807, 2.05) is 6.92 Å². The maximum absolute atomic E-state index is 11.3. The Kier molecular flexibility index (Phi) is 4.01. The van der Waals surface area contributed by atoms with Gasteiger partial charge < -0.3 is 18.9 Å². The molecule has 0 radical (unpaired) electrons. The quantitative estimate of drug-likeness (QED) is 0.697. The maximum atomic E-state index is 11.3. The van der Waals surface area contributed by atoms with E-state index in [1.54, 1.807) is 6.92 Å². The van der Waals surface area contributed by atoms with E-state index >= 15 is 0 Å². The molecule has 0 bridgehead atoms. The van der Waals surface area contributed by atoms with Crippen LogP contribution in [0.2, 0.25) is 0 Å². The van der Waals surface area contributed by atoms with Crippen molar-refractivity contribution in [2.24, 2.45) is 0 Å². The first-order chi connectivity index (χ1) is 8.13. The molecule has 2 saturated heterocycles. The summed E-state index contributed by atoms with van der Waals surface area (Å²) in [5, 5.41) is 0. The fourth-order valence-corrected chi connectivity index (χ4v) is 2.23. The van der Waals surface area contributed by atoms with Crippen LogP contribution in [0.15, 0.2) is 0 Å². The summed E-state index contributed by atoms with van der Waals surface area (Å²) in [4.78, 5) is 11.3. The molecule has 0 aliphatic carbocycles. The van der Waals surface area contributed by atoms with Crippen molar-refractivity contribution in [1.82, 2.24) is 0 Å². The predicted molar refractivity (Wildman–Crippen MR) is 59.5 cm³/mol. The van der Waals surface area contributed by atoms with Crippen LogP contribution in [0.1, 0.15) is 33.1 Å². The Balaban J connectivity index is 1.81. The molecule has 2 heterocycles. The first-order valence-corrected chi connectivity index (χ1v) is 6.22. The summed E-state index contributed by atoms with van der Waals surface area (Å²) in [7, 11) is 0. The van der Waals surface area contributed by atoms with Crippen LogP contribution in [0.3, 0.4) is 0 Å². The van der Waals surface area contributed by atoms with Gasteiger partial charge in [0.15, 0.2) is 5.79 Å². The van der Waals surface area contributed by atoms with Gasteiger partial charge in [0.25, 0.3) is 0 Å². The zero-order valence-corrected chi connectivity index (χ0v) is 10.4. The fourth-order valence-electron chi connectivity index (χ4n) is 2.23. The van der Waals surface area contributed by atoms with Gasteiger partial charge in [-0.15, -0.1) is 0 Å². The highest BCUT2D eigenvalue weighted by molar-refractivity contribution is 5.69. The lowest BCUT2D eigenvalue weighted by molar-refractivity contribution is -0.304. The lowest BCUT2D eigenvalue weighted by atomic mass is 10.1. The molecule has 2 fully saturated rings. The van der Waals surface area contributed by atoms with E-state index in [0.29, 0.717) is 26.1 Å². The number of fused-ring (bicyclic) bond motifs is 1. The molecule has 2 aliphatic heterocycles. The molecular formula is C12H20O5. The SMILES string of the molecule is CCOC(=O)CC[C@@]1(C)OC[C@H]2OCC[C@H]2O1. The molecule has 2 rings (SSSR count). The van der Waals surface area contributed by atoms with Crippen LogP contribution < -0.4 is 0 Å². The fraction of sp³-hybridized carbons (Fsp3) is 0.917. The third-order valence-corrected chi connectivity index (χ3v) is 3.19. The molecule has 0 aromatic carbocycles. The van der Waals surface area contributed by atoms with Crippen molar-refractivity contribution in [3.63, 3.8) is 0 Å². The van der Waals surface area contributed by atoms with Crippen molar-refractivity contribution in [1.29, 1.82) is 0 Å². The zero-order valence-electron chi connectivity index (χ0n) is 10.4. The van der Waals surface area contributed by atoms with E-state index in [9.17, 15) is 4.79 Å². The van der Waals surface area contributed by atoms with Gasteiger partial charge in [-0.05, 0) is 20.3 Å². The van der Waals surface area contributed by atoms with E-state index in [4.69, 9.17) is 18.9 Å². The second kappa shape index (κ2) is 5.33. The largest absolute Gasteiger partial charge is 0.466 e. The summed E-state index contributed by atoms with van der Waals surface area (Å²) >= 11 is 0. The van der Waals surface area contributed by atoms with Gasteiger partial charge in [-0.25, -0.2) is 0 Å². The van der Waals surface area contributed by atoms with Crippen molar-refractivity contribution in [2.45, 2.75) is 51.1 Å². The van der Waals surface area contributed by atoms with Crippen LogP contribution in [-0.2, 0) is 23.7 Å². The molecule has 0 aromatic heterocycles. The van der Waals surface area contributed by atoms with Crippen LogP contribution in [-0.4, -0.2) is 43.8 Å². The van der Waals surface area contributed by atoms with Gasteiger partial charge in [-0.3, -0.25) is 4.79 Å². The van der Waals surface area contributed by atoms with Crippen LogP contribution in [0.4, 0.5) is 0 Å². The van der Waals surface area contributed by atoms with Gasteiger partial charge >= 0.3 is 5.97 Å². The average Bonchev–Trinajstić information content (AvgIpc) is 2.74. The number of esters is 1. The van der Waals surface area contributed by atoms with Crippen molar-refractivity contribution in [2.75, 3.05) is 19.8 Å². The monoisotopic (exact) mass is 244 g/mol. The first kappa shape index (κ1) is 12.8. The number of carbonyl (C=O) groups is 1. The maximum Gasteiger partial charge on any atom is 0.305 e. The van der Waals surface area contributed by atoms with Gasteiger partial charge in [0.2, 0.25) is 0 Å². The minimum atomic E-state index is -0.679. The second-order valence-corrected chi connectivity index (χ2v) is 4.60. The normalized spacial score (nSPS) is 36.6. The second-order valence-electron chi connectivity index (χ2n) is 4.60. The Morgan fingerprint density at radius 3 is 3.06 bits per heavy atom. The first-order valence-electron chi connectivity index (χ1n) is 6.22. The van der Waals surface area contributed by atoms with E-state index in [2.05, 4.69) is 0 Å². The van der Waals surface area contributed by atoms with Crippen LogP contribution in [0, 0.1) is 0 Å². The van der Waals surface area contributed by atoms with Gasteiger partial charge in [-0.1, -0.05) is 0 Å². The standard InChI is InChI=1S/C12H20O5/c1-3-14-11(13)4-6-12(2)16-8-10-9(17-12)5-7-15-10/h9-10H,3-8H2,1-2H3/t9-,10-,12+/m1/s1. The molecule has 0 amide bonds. The third kappa shape index (κ3) is 3.18. The molecule has 0 unspecified atom stereocenters. The Hall–Kier alpha value is -0.650. The topological polar surface area (TPSA) is 54.0 Å². The highest BCUT2D eigenvalue weighted by atomic mass is 16.7. The van der Waals surface area contributed by atoms with E-state index in [0.717, 1.165) is 13.0 Å². The number of hydrogen-bond acceptors (Lipinski definition) is 5. The average molecular weight is 244 g/mol. The lowest BCUT2D eigenvalue weighted by Crippen LogP contribution is -2.48. The molecular weight excluding hydrogens is 224 g/mol. The summed E-state index contributed by atoms with van der Waals surface area (Å²) in [6.07, 6.45) is 1.92. The number of carbonyl (C=O) groups excluding carboxylic acids is 1. The minimum absolute atomic E-state index is 0.0608. The Bertz CT molecular complexity index is 280. The smallest absolute Gasteiger partial charge is 0.305 e. The Morgan fingerprint density at radius 1 is 1.47 bits per heavy atom. The number of rotatable bonds is 4. The van der Waals surface area contributed by atoms with Crippen LogP contribution >= 0.6 is 0 Å². The molecule has 0 saturated carbocycles. The molecule has 17 heavy (non-hydrogen) atoms. The van der Waals surface area contributed by atoms with Crippen LogP contribution in [0.25, 0.3) is 0 Å². The van der Waals surface area contributed by atoms with Crippen molar-refractivity contribution in [3.05, 3.63) is 0 Å². The number of hydrogen-bond donors (Lipinski definition) is 0. The Labute approximate surface area is 101 Å². The molecule has 98 valence electrons. The Morgan fingerprint density at radius 2 is 2.29 bits per heavy atom. The lowest BCUT2D eigenvalue weighted by Gasteiger charge is -2.39. The molecule has 0 spiro atoms. The summed E-state index contributed by atoms with van der Waals surface area (Å²) in [5.74, 6) is -0.882. The van der Waals surface area contributed by atoms with E-state index in [-0.39, 0.29) is 18.2 Å². The van der Waals surface area contributed by atoms with Gasteiger partial charge in [-0.2, -0.15) is 0 Å². The third-order valence-electron chi connectivity index (χ3n) is 3.19. The minimum Gasteiger partial charge on any atom is -0.466 e.